The number of morpholine rings is 1. The molecule has 1 heterocycles. The van der Waals surface area contributed by atoms with Crippen molar-refractivity contribution in [3.8, 4) is 0 Å². The van der Waals surface area contributed by atoms with Crippen molar-refractivity contribution in [1.82, 2.24) is 31.3 Å². The molecule has 0 aromatic heterocycles. The van der Waals surface area contributed by atoms with Crippen LogP contribution in [0.1, 0.15) is 79.4 Å². The lowest BCUT2D eigenvalue weighted by Gasteiger charge is -2.36. The van der Waals surface area contributed by atoms with Gasteiger partial charge in [0.05, 0.1) is 31.2 Å². The lowest BCUT2D eigenvalue weighted by Crippen LogP contribution is -2.60. The summed E-state index contributed by atoms with van der Waals surface area (Å²) in [4.78, 5) is 71.5. The third kappa shape index (κ3) is 16.4. The smallest absolute Gasteiger partial charge is 0.408 e. The molecule has 4 N–H and O–H groups in total. The number of benzene rings is 2. The number of hydrogen-bond donors (Lipinski definition) is 4. The minimum atomic E-state index is -1.08. The molecule has 322 valence electrons. The fourth-order valence-corrected chi connectivity index (χ4v) is 6.35. The number of ether oxygens (including phenoxy) is 3. The van der Waals surface area contributed by atoms with Gasteiger partial charge in [-0.15, -0.1) is 0 Å². The minimum Gasteiger partial charge on any atom is -0.458 e. The zero-order valence-corrected chi connectivity index (χ0v) is 35.9. The topological polar surface area (TPSA) is 168 Å². The second-order valence-corrected chi connectivity index (χ2v) is 16.6. The first-order valence-corrected chi connectivity index (χ1v) is 20.8. The zero-order chi connectivity index (χ0) is 42.7. The Morgan fingerprint density at radius 2 is 1.45 bits per heavy atom. The molecule has 1 aliphatic rings. The number of hydrogen-bond acceptors (Lipinski definition) is 10. The molecule has 2 aromatic carbocycles. The Labute approximate surface area is 345 Å². The lowest BCUT2D eigenvalue weighted by molar-refractivity contribution is -0.165. The maximum Gasteiger partial charge on any atom is 0.408 e. The summed E-state index contributed by atoms with van der Waals surface area (Å²) in [5.74, 6) is -3.66. The van der Waals surface area contributed by atoms with Gasteiger partial charge in [-0.2, -0.15) is 0 Å². The average molecular weight is 809 g/mol. The summed E-state index contributed by atoms with van der Waals surface area (Å²) in [7, 11) is 0. The van der Waals surface area contributed by atoms with Crippen LogP contribution >= 0.6 is 0 Å². The Hall–Kier alpha value is -4.53. The highest BCUT2D eigenvalue weighted by atomic mass is 16.6. The van der Waals surface area contributed by atoms with Gasteiger partial charge in [0.15, 0.2) is 0 Å². The normalized spacial score (nSPS) is 15.5. The zero-order valence-electron chi connectivity index (χ0n) is 35.9. The molecule has 14 nitrogen and oxygen atoms in total. The Bertz CT molecular complexity index is 1560. The molecular weight excluding hydrogens is 741 g/mol. The van der Waals surface area contributed by atoms with E-state index in [9.17, 15) is 24.0 Å². The summed E-state index contributed by atoms with van der Waals surface area (Å²) < 4.78 is 17.1. The third-order valence-corrected chi connectivity index (χ3v) is 9.89. The number of esters is 1. The number of nitrogens with zero attached hydrogens (tertiary/aromatic N) is 2. The van der Waals surface area contributed by atoms with E-state index in [-0.39, 0.29) is 31.4 Å². The molecule has 0 aliphatic carbocycles. The number of carbonyl (C=O) groups excluding carboxylic acids is 5. The quantitative estimate of drug-likeness (QED) is 0.0577. The molecule has 58 heavy (non-hydrogen) atoms. The van der Waals surface area contributed by atoms with Crippen LogP contribution in [0.3, 0.4) is 0 Å². The van der Waals surface area contributed by atoms with Crippen LogP contribution in [0.5, 0.6) is 0 Å². The van der Waals surface area contributed by atoms with E-state index in [0.717, 1.165) is 37.1 Å². The second-order valence-electron chi connectivity index (χ2n) is 16.6. The Kier molecular flexibility index (Phi) is 20.1. The van der Waals surface area contributed by atoms with E-state index in [4.69, 9.17) is 14.2 Å². The molecule has 1 saturated heterocycles. The molecule has 0 saturated carbocycles. The van der Waals surface area contributed by atoms with Crippen LogP contribution in [-0.2, 0) is 46.4 Å². The van der Waals surface area contributed by atoms with Gasteiger partial charge < -0.3 is 30.2 Å². The molecular formula is C44H68N6O8. The summed E-state index contributed by atoms with van der Waals surface area (Å²) in [6, 6.07) is 16.8. The Morgan fingerprint density at radius 3 is 2.02 bits per heavy atom. The van der Waals surface area contributed by atoms with Crippen LogP contribution in [0.15, 0.2) is 60.7 Å². The van der Waals surface area contributed by atoms with E-state index < -0.39 is 59.3 Å². The van der Waals surface area contributed by atoms with Crippen LogP contribution in [0, 0.1) is 23.2 Å². The SMILES string of the molecule is CCCCNN(CC(OC(=O)C(C)(C)C)C(Cc1ccccc1)NC(=O)[C@@H](NC(=O)OCc1ccccc1)C(C)C)C(=O)[C@H](C(=O)NCCN1CCOCC1)C(C)C. The van der Waals surface area contributed by atoms with Gasteiger partial charge in [0.2, 0.25) is 17.7 Å². The van der Waals surface area contributed by atoms with Crippen molar-refractivity contribution in [1.29, 1.82) is 0 Å². The van der Waals surface area contributed by atoms with Crippen molar-refractivity contribution in [2.75, 3.05) is 52.5 Å². The van der Waals surface area contributed by atoms with E-state index in [0.29, 0.717) is 32.8 Å². The standard InChI is InChI=1S/C44H68N6O8/c1-9-10-21-46-50(41(53)37(31(2)3)39(51)45-22-23-49-24-26-56-27-25-49)29-36(58-42(54)44(6,7)8)35(28-33-17-13-11-14-18-33)47-40(52)38(32(4)5)48-43(55)57-30-34-19-15-12-16-20-34/h11-20,31-32,35-38,46H,9-10,21-30H2,1-8H3,(H,45,51)(H,47,52)(H,48,55)/t35?,36?,37-,38-/m0/s1. The first kappa shape index (κ1) is 47.8. The number of rotatable bonds is 22. The second kappa shape index (κ2) is 24.4. The van der Waals surface area contributed by atoms with Crippen LogP contribution in [0.4, 0.5) is 4.79 Å². The van der Waals surface area contributed by atoms with Crippen molar-refractivity contribution in [3.63, 3.8) is 0 Å². The number of amides is 4. The molecule has 4 amide bonds. The Balaban J connectivity index is 1.95. The predicted octanol–water partition coefficient (Wildman–Crippen LogP) is 4.48. The highest BCUT2D eigenvalue weighted by Crippen LogP contribution is 2.22. The van der Waals surface area contributed by atoms with Crippen molar-refractivity contribution < 1.29 is 38.2 Å². The monoisotopic (exact) mass is 809 g/mol. The maximum absolute atomic E-state index is 14.6. The van der Waals surface area contributed by atoms with Crippen LogP contribution in [0.2, 0.25) is 0 Å². The molecule has 2 unspecified atom stereocenters. The van der Waals surface area contributed by atoms with Crippen molar-refractivity contribution in [2.45, 2.75) is 99.4 Å². The van der Waals surface area contributed by atoms with E-state index in [1.807, 2.05) is 81.4 Å². The molecule has 4 atom stereocenters. The number of nitrogens with one attached hydrogen (secondary N) is 4. The fraction of sp³-hybridized carbons (Fsp3) is 0.614. The van der Waals surface area contributed by atoms with Crippen molar-refractivity contribution >= 4 is 29.8 Å². The fourth-order valence-electron chi connectivity index (χ4n) is 6.35. The summed E-state index contributed by atoms with van der Waals surface area (Å²) >= 11 is 0. The van der Waals surface area contributed by atoms with Crippen LogP contribution < -0.4 is 21.4 Å². The number of unbranched alkanes of at least 4 members (excludes halogenated alkanes) is 1. The molecule has 3 rings (SSSR count). The molecule has 1 aliphatic heterocycles. The summed E-state index contributed by atoms with van der Waals surface area (Å²) in [6.07, 6.45) is -0.0284. The minimum absolute atomic E-state index is 0.0265. The van der Waals surface area contributed by atoms with E-state index in [1.165, 1.54) is 5.01 Å². The van der Waals surface area contributed by atoms with E-state index >= 15 is 0 Å². The summed E-state index contributed by atoms with van der Waals surface area (Å²) in [5.41, 5.74) is 3.95. The first-order valence-electron chi connectivity index (χ1n) is 20.8. The van der Waals surface area contributed by atoms with Gasteiger partial charge in [-0.05, 0) is 56.6 Å². The number of hydrazine groups is 1. The highest BCUT2D eigenvalue weighted by molar-refractivity contribution is 6.00. The summed E-state index contributed by atoms with van der Waals surface area (Å²) in [6.45, 7) is 18.6. The third-order valence-electron chi connectivity index (χ3n) is 9.89. The predicted molar refractivity (Wildman–Crippen MR) is 223 cm³/mol. The van der Waals surface area contributed by atoms with Gasteiger partial charge in [-0.3, -0.25) is 29.1 Å². The molecule has 0 bridgehead atoms. The molecule has 14 heteroatoms. The van der Waals surface area contributed by atoms with E-state index in [1.54, 1.807) is 34.6 Å². The van der Waals surface area contributed by atoms with Gasteiger partial charge in [-0.25, -0.2) is 10.2 Å². The van der Waals surface area contributed by atoms with Gasteiger partial charge in [0.25, 0.3) is 0 Å². The maximum atomic E-state index is 14.6. The van der Waals surface area contributed by atoms with Crippen LogP contribution in [-0.4, -0.2) is 110 Å². The van der Waals surface area contributed by atoms with Crippen molar-refractivity contribution in [3.05, 3.63) is 71.8 Å². The van der Waals surface area contributed by atoms with Crippen molar-refractivity contribution in [2.24, 2.45) is 23.2 Å². The molecule has 0 spiro atoms. The van der Waals surface area contributed by atoms with E-state index in [2.05, 4.69) is 26.3 Å². The summed E-state index contributed by atoms with van der Waals surface area (Å²) in [5, 5.41) is 10.2. The number of alkyl carbamates (subject to hydrolysis) is 1. The van der Waals surface area contributed by atoms with Gasteiger partial charge in [0.1, 0.15) is 24.7 Å². The van der Waals surface area contributed by atoms with Crippen LogP contribution in [0.25, 0.3) is 0 Å². The highest BCUT2D eigenvalue weighted by Gasteiger charge is 2.39. The molecule has 2 aromatic rings. The lowest BCUT2D eigenvalue weighted by atomic mass is 9.93. The molecule has 0 radical (unpaired) electrons. The largest absolute Gasteiger partial charge is 0.458 e. The first-order chi connectivity index (χ1) is 27.6. The average Bonchev–Trinajstić information content (AvgIpc) is 3.18. The molecule has 1 fully saturated rings. The Morgan fingerprint density at radius 1 is 0.828 bits per heavy atom. The number of carbonyl (C=O) groups is 5. The van der Waals surface area contributed by atoms with Gasteiger partial charge in [-0.1, -0.05) is 102 Å². The van der Waals surface area contributed by atoms with Gasteiger partial charge in [0, 0.05) is 32.7 Å². The van der Waals surface area contributed by atoms with Gasteiger partial charge >= 0.3 is 12.1 Å².